The Kier molecular flexibility index (Phi) is 4.47. The maximum Gasteiger partial charge on any atom is 0.256 e. The SMILES string of the molecule is O=C(Nc1ccc(Nc2ccccc2F)cn1)c1cccc(F)c1. The maximum atomic E-state index is 13.6. The molecule has 2 aromatic carbocycles. The predicted molar refractivity (Wildman–Crippen MR) is 88.3 cm³/mol. The van der Waals surface area contributed by atoms with Crippen LogP contribution in [0.2, 0.25) is 0 Å². The number of carbonyl (C=O) groups excluding carboxylic acids is 1. The fraction of sp³-hybridized carbons (Fsp3) is 0. The first-order valence-electron chi connectivity index (χ1n) is 7.16. The average Bonchev–Trinajstić information content (AvgIpc) is 2.58. The van der Waals surface area contributed by atoms with Crippen molar-refractivity contribution in [2.75, 3.05) is 10.6 Å². The maximum absolute atomic E-state index is 13.6. The Hall–Kier alpha value is -3.28. The minimum atomic E-state index is -0.486. The molecule has 1 heterocycles. The molecule has 0 bridgehead atoms. The molecule has 0 aliphatic carbocycles. The normalized spacial score (nSPS) is 10.2. The van der Waals surface area contributed by atoms with Crippen molar-refractivity contribution < 1.29 is 13.6 Å². The Morgan fingerprint density at radius 2 is 1.79 bits per heavy atom. The number of halogens is 2. The number of nitrogens with one attached hydrogen (secondary N) is 2. The van der Waals surface area contributed by atoms with Crippen LogP contribution in [0.15, 0.2) is 66.9 Å². The molecule has 0 radical (unpaired) electrons. The number of hydrogen-bond acceptors (Lipinski definition) is 3. The van der Waals surface area contributed by atoms with Crippen LogP contribution >= 0.6 is 0 Å². The van der Waals surface area contributed by atoms with Gasteiger partial charge in [0.2, 0.25) is 0 Å². The molecule has 0 fully saturated rings. The lowest BCUT2D eigenvalue weighted by molar-refractivity contribution is 0.102. The molecule has 120 valence electrons. The van der Waals surface area contributed by atoms with Crippen LogP contribution in [0.5, 0.6) is 0 Å². The van der Waals surface area contributed by atoms with Crippen LogP contribution in [0.1, 0.15) is 10.4 Å². The molecule has 0 saturated heterocycles. The smallest absolute Gasteiger partial charge is 0.256 e. The number of carbonyl (C=O) groups is 1. The van der Waals surface area contributed by atoms with Crippen LogP contribution in [0.25, 0.3) is 0 Å². The molecule has 0 aliphatic heterocycles. The molecule has 0 aliphatic rings. The molecule has 24 heavy (non-hydrogen) atoms. The van der Waals surface area contributed by atoms with Gasteiger partial charge in [-0.25, -0.2) is 13.8 Å². The quantitative estimate of drug-likeness (QED) is 0.749. The fourth-order valence-corrected chi connectivity index (χ4v) is 2.08. The van der Waals surface area contributed by atoms with Gasteiger partial charge in [0.1, 0.15) is 17.5 Å². The van der Waals surface area contributed by atoms with E-state index < -0.39 is 11.7 Å². The number of aromatic nitrogens is 1. The second kappa shape index (κ2) is 6.87. The van der Waals surface area contributed by atoms with Gasteiger partial charge in [0.05, 0.1) is 17.6 Å². The highest BCUT2D eigenvalue weighted by Crippen LogP contribution is 2.19. The van der Waals surface area contributed by atoms with Crippen LogP contribution in [0.4, 0.5) is 26.0 Å². The fourth-order valence-electron chi connectivity index (χ4n) is 2.08. The van der Waals surface area contributed by atoms with E-state index in [0.717, 1.165) is 6.07 Å². The lowest BCUT2D eigenvalue weighted by Gasteiger charge is -2.08. The lowest BCUT2D eigenvalue weighted by Crippen LogP contribution is -2.13. The molecule has 0 spiro atoms. The Morgan fingerprint density at radius 1 is 0.958 bits per heavy atom. The van der Waals surface area contributed by atoms with E-state index in [2.05, 4.69) is 15.6 Å². The summed E-state index contributed by atoms with van der Waals surface area (Å²) in [6.45, 7) is 0. The van der Waals surface area contributed by atoms with Crippen molar-refractivity contribution in [3.63, 3.8) is 0 Å². The van der Waals surface area contributed by atoms with Gasteiger partial charge in [0.15, 0.2) is 0 Å². The van der Waals surface area contributed by atoms with E-state index in [1.165, 1.54) is 30.5 Å². The summed E-state index contributed by atoms with van der Waals surface area (Å²) in [6.07, 6.45) is 1.47. The number of amides is 1. The van der Waals surface area contributed by atoms with E-state index in [-0.39, 0.29) is 11.4 Å². The van der Waals surface area contributed by atoms with Crippen LogP contribution in [0, 0.1) is 11.6 Å². The predicted octanol–water partition coefficient (Wildman–Crippen LogP) is 4.36. The largest absolute Gasteiger partial charge is 0.352 e. The first-order chi connectivity index (χ1) is 11.6. The summed E-state index contributed by atoms with van der Waals surface area (Å²) >= 11 is 0. The van der Waals surface area contributed by atoms with E-state index in [0.29, 0.717) is 17.2 Å². The zero-order valence-corrected chi connectivity index (χ0v) is 12.5. The van der Waals surface area contributed by atoms with Crippen molar-refractivity contribution in [3.05, 3.63) is 84.1 Å². The van der Waals surface area contributed by atoms with Crippen molar-refractivity contribution in [2.24, 2.45) is 0 Å². The Morgan fingerprint density at radius 3 is 2.50 bits per heavy atom. The number of benzene rings is 2. The summed E-state index contributed by atoms with van der Waals surface area (Å²) in [7, 11) is 0. The number of para-hydroxylation sites is 1. The minimum Gasteiger partial charge on any atom is -0.352 e. The van der Waals surface area contributed by atoms with Crippen molar-refractivity contribution in [1.29, 1.82) is 0 Å². The summed E-state index contributed by atoms with van der Waals surface area (Å²) in [6, 6.07) is 14.9. The number of rotatable bonds is 4. The molecule has 3 rings (SSSR count). The van der Waals surface area contributed by atoms with Gasteiger partial charge in [-0.3, -0.25) is 4.79 Å². The first kappa shape index (κ1) is 15.6. The lowest BCUT2D eigenvalue weighted by atomic mass is 10.2. The van der Waals surface area contributed by atoms with E-state index in [4.69, 9.17) is 0 Å². The van der Waals surface area contributed by atoms with E-state index in [1.807, 2.05) is 0 Å². The average molecular weight is 325 g/mol. The number of pyridine rings is 1. The number of anilines is 3. The van der Waals surface area contributed by atoms with Gasteiger partial charge in [0, 0.05) is 5.56 Å². The van der Waals surface area contributed by atoms with Crippen LogP contribution in [-0.4, -0.2) is 10.9 Å². The molecule has 1 amide bonds. The minimum absolute atomic E-state index is 0.199. The second-order valence-corrected chi connectivity index (χ2v) is 5.00. The summed E-state index contributed by atoms with van der Waals surface area (Å²) in [5.74, 6) is -1.01. The third kappa shape index (κ3) is 3.73. The van der Waals surface area contributed by atoms with Gasteiger partial charge in [-0.2, -0.15) is 0 Å². The van der Waals surface area contributed by atoms with E-state index in [9.17, 15) is 13.6 Å². The van der Waals surface area contributed by atoms with Crippen LogP contribution in [-0.2, 0) is 0 Å². The Balaban J connectivity index is 1.68. The molecule has 3 aromatic rings. The third-order valence-corrected chi connectivity index (χ3v) is 3.24. The van der Waals surface area contributed by atoms with Gasteiger partial charge >= 0.3 is 0 Å². The van der Waals surface area contributed by atoms with Gasteiger partial charge in [-0.15, -0.1) is 0 Å². The molecule has 0 saturated carbocycles. The summed E-state index contributed by atoms with van der Waals surface area (Å²) in [5, 5.41) is 5.46. The summed E-state index contributed by atoms with van der Waals surface area (Å²) in [4.78, 5) is 16.1. The topological polar surface area (TPSA) is 54.0 Å². The zero-order chi connectivity index (χ0) is 16.9. The van der Waals surface area contributed by atoms with Crippen molar-refractivity contribution in [1.82, 2.24) is 4.98 Å². The van der Waals surface area contributed by atoms with Crippen molar-refractivity contribution in [3.8, 4) is 0 Å². The van der Waals surface area contributed by atoms with Gasteiger partial charge in [-0.05, 0) is 42.5 Å². The monoisotopic (exact) mass is 325 g/mol. The van der Waals surface area contributed by atoms with Gasteiger partial charge < -0.3 is 10.6 Å². The molecule has 2 N–H and O–H groups in total. The van der Waals surface area contributed by atoms with Crippen LogP contribution < -0.4 is 10.6 Å². The zero-order valence-electron chi connectivity index (χ0n) is 12.5. The molecular weight excluding hydrogens is 312 g/mol. The van der Waals surface area contributed by atoms with Gasteiger partial charge in [-0.1, -0.05) is 18.2 Å². The van der Waals surface area contributed by atoms with E-state index >= 15 is 0 Å². The van der Waals surface area contributed by atoms with Crippen LogP contribution in [0.3, 0.4) is 0 Å². The number of nitrogens with zero attached hydrogens (tertiary/aromatic N) is 1. The molecule has 6 heteroatoms. The first-order valence-corrected chi connectivity index (χ1v) is 7.16. The van der Waals surface area contributed by atoms with Crippen molar-refractivity contribution >= 4 is 23.1 Å². The Bertz CT molecular complexity index is 866. The highest BCUT2D eigenvalue weighted by Gasteiger charge is 2.08. The van der Waals surface area contributed by atoms with E-state index in [1.54, 1.807) is 30.3 Å². The van der Waals surface area contributed by atoms with Gasteiger partial charge in [0.25, 0.3) is 5.91 Å². The molecule has 0 atom stereocenters. The molecule has 4 nitrogen and oxygen atoms in total. The highest BCUT2D eigenvalue weighted by molar-refractivity contribution is 6.03. The number of hydrogen-bond donors (Lipinski definition) is 2. The molecular formula is C18H13F2N3O. The third-order valence-electron chi connectivity index (χ3n) is 3.24. The van der Waals surface area contributed by atoms with Crippen molar-refractivity contribution in [2.45, 2.75) is 0 Å². The summed E-state index contributed by atoms with van der Waals surface area (Å²) < 4.78 is 26.7. The Labute approximate surface area is 137 Å². The molecule has 0 unspecified atom stereocenters. The standard InChI is InChI=1S/C18H13F2N3O/c19-13-5-3-4-12(10-13)18(24)23-17-9-8-14(11-21-17)22-16-7-2-1-6-15(16)20/h1-11,22H,(H,21,23,24). The second-order valence-electron chi connectivity index (χ2n) is 5.00. The molecule has 1 aromatic heterocycles. The summed E-state index contributed by atoms with van der Waals surface area (Å²) in [5.41, 5.74) is 1.10. The highest BCUT2D eigenvalue weighted by atomic mass is 19.1.